The van der Waals surface area contributed by atoms with Crippen molar-refractivity contribution in [1.29, 1.82) is 0 Å². The molecule has 0 radical (unpaired) electrons. The van der Waals surface area contributed by atoms with Gasteiger partial charge in [0.05, 0.1) is 0 Å². The van der Waals surface area contributed by atoms with Crippen molar-refractivity contribution in [3.63, 3.8) is 0 Å². The van der Waals surface area contributed by atoms with Gasteiger partial charge < -0.3 is 5.32 Å². The topological polar surface area (TPSA) is 15.3 Å². The molecule has 1 N–H and O–H groups in total. The summed E-state index contributed by atoms with van der Waals surface area (Å²) in [5.41, 5.74) is 0.0933. The highest BCUT2D eigenvalue weighted by atomic mass is 19.1. The number of nitrogens with one attached hydrogen (secondary N) is 1. The molecule has 1 fully saturated rings. The zero-order valence-electron chi connectivity index (χ0n) is 10.5. The summed E-state index contributed by atoms with van der Waals surface area (Å²) in [6.07, 6.45) is 1.18. The van der Waals surface area contributed by atoms with Crippen molar-refractivity contribution < 1.29 is 4.39 Å². The normalized spacial score (nSPS) is 29.0. The van der Waals surface area contributed by atoms with Gasteiger partial charge in [-0.05, 0) is 19.8 Å². The fourth-order valence-corrected chi connectivity index (χ4v) is 2.20. The van der Waals surface area contributed by atoms with Crippen LogP contribution in [-0.4, -0.2) is 42.8 Å². The molecule has 1 aliphatic heterocycles. The first-order valence-corrected chi connectivity index (χ1v) is 6.05. The molecular weight excluding hydrogens is 191 g/mol. The monoisotopic (exact) mass is 216 g/mol. The van der Waals surface area contributed by atoms with E-state index < -0.39 is 0 Å². The first-order chi connectivity index (χ1) is 7.01. The molecule has 0 aromatic heterocycles. The highest BCUT2D eigenvalue weighted by molar-refractivity contribution is 4.94. The van der Waals surface area contributed by atoms with Crippen LogP contribution in [0.25, 0.3) is 0 Å². The molecule has 1 rings (SSSR count). The summed E-state index contributed by atoms with van der Waals surface area (Å²) in [5, 5.41) is 3.58. The molecule has 0 aliphatic carbocycles. The van der Waals surface area contributed by atoms with Gasteiger partial charge in [-0.25, -0.2) is 4.39 Å². The number of hydrogen-bond donors (Lipinski definition) is 1. The molecular formula is C12H25FN2. The zero-order chi connectivity index (χ0) is 11.5. The van der Waals surface area contributed by atoms with Crippen molar-refractivity contribution >= 4 is 0 Å². The van der Waals surface area contributed by atoms with Gasteiger partial charge >= 0.3 is 0 Å². The molecule has 0 aromatic rings. The first-order valence-electron chi connectivity index (χ1n) is 6.05. The molecule has 0 aromatic carbocycles. The van der Waals surface area contributed by atoms with Gasteiger partial charge in [-0.2, -0.15) is 0 Å². The third-order valence-corrected chi connectivity index (χ3v) is 3.76. The standard InChI is InChI=1S/C12H25FN2/c1-5-10(2)11-8-15(7-6-13)12(3,4)9-14-11/h10-11,14H,5-9H2,1-4H3. The maximum Gasteiger partial charge on any atom is 0.102 e. The summed E-state index contributed by atoms with van der Waals surface area (Å²) in [5.74, 6) is 0.670. The van der Waals surface area contributed by atoms with Gasteiger partial charge in [0.1, 0.15) is 6.67 Å². The molecule has 0 amide bonds. The number of nitrogens with zero attached hydrogens (tertiary/aromatic N) is 1. The SMILES string of the molecule is CCC(C)C1CN(CCF)C(C)(C)CN1. The average Bonchev–Trinajstić information content (AvgIpc) is 2.20. The minimum atomic E-state index is -0.239. The molecule has 0 bridgehead atoms. The number of rotatable bonds is 4. The molecule has 3 heteroatoms. The van der Waals surface area contributed by atoms with Crippen molar-refractivity contribution in [1.82, 2.24) is 10.2 Å². The number of halogens is 1. The Kier molecular flexibility index (Phi) is 4.53. The van der Waals surface area contributed by atoms with Crippen LogP contribution in [-0.2, 0) is 0 Å². The largest absolute Gasteiger partial charge is 0.311 e. The Labute approximate surface area is 93.2 Å². The summed E-state index contributed by atoms with van der Waals surface area (Å²) in [4.78, 5) is 2.28. The molecule has 15 heavy (non-hydrogen) atoms. The van der Waals surface area contributed by atoms with E-state index in [1.54, 1.807) is 0 Å². The highest BCUT2D eigenvalue weighted by Gasteiger charge is 2.34. The second-order valence-electron chi connectivity index (χ2n) is 5.32. The van der Waals surface area contributed by atoms with Gasteiger partial charge in [-0.15, -0.1) is 0 Å². The number of hydrogen-bond acceptors (Lipinski definition) is 2. The predicted molar refractivity (Wildman–Crippen MR) is 62.9 cm³/mol. The fraction of sp³-hybridized carbons (Fsp3) is 1.00. The van der Waals surface area contributed by atoms with E-state index >= 15 is 0 Å². The summed E-state index contributed by atoms with van der Waals surface area (Å²) < 4.78 is 12.5. The second-order valence-corrected chi connectivity index (χ2v) is 5.32. The lowest BCUT2D eigenvalue weighted by atomic mass is 9.91. The van der Waals surface area contributed by atoms with Crippen molar-refractivity contribution in [3.05, 3.63) is 0 Å². The van der Waals surface area contributed by atoms with Crippen LogP contribution in [0.5, 0.6) is 0 Å². The third-order valence-electron chi connectivity index (χ3n) is 3.76. The minimum absolute atomic E-state index is 0.0933. The van der Waals surface area contributed by atoms with Crippen LogP contribution in [0.3, 0.4) is 0 Å². The molecule has 1 aliphatic rings. The third kappa shape index (κ3) is 3.15. The van der Waals surface area contributed by atoms with Gasteiger partial charge in [-0.3, -0.25) is 4.90 Å². The van der Waals surface area contributed by atoms with E-state index in [9.17, 15) is 4.39 Å². The minimum Gasteiger partial charge on any atom is -0.311 e. The lowest BCUT2D eigenvalue weighted by Crippen LogP contribution is -2.63. The molecule has 1 heterocycles. The number of piperazine rings is 1. The van der Waals surface area contributed by atoms with E-state index in [1.165, 1.54) is 6.42 Å². The van der Waals surface area contributed by atoms with Gasteiger partial charge in [0.25, 0.3) is 0 Å². The van der Waals surface area contributed by atoms with E-state index in [2.05, 4.69) is 37.9 Å². The lowest BCUT2D eigenvalue weighted by molar-refractivity contribution is 0.0469. The Balaban J connectivity index is 2.58. The molecule has 2 atom stereocenters. The Hall–Kier alpha value is -0.150. The van der Waals surface area contributed by atoms with Crippen molar-refractivity contribution in [2.24, 2.45) is 5.92 Å². The highest BCUT2D eigenvalue weighted by Crippen LogP contribution is 2.22. The van der Waals surface area contributed by atoms with Gasteiger partial charge in [0.15, 0.2) is 0 Å². The average molecular weight is 216 g/mol. The van der Waals surface area contributed by atoms with Crippen LogP contribution in [0.2, 0.25) is 0 Å². The Bertz CT molecular complexity index is 194. The molecule has 2 nitrogen and oxygen atoms in total. The summed E-state index contributed by atoms with van der Waals surface area (Å²) in [6.45, 7) is 11.1. The first kappa shape index (κ1) is 12.9. The predicted octanol–water partition coefficient (Wildman–Crippen LogP) is 2.05. The lowest BCUT2D eigenvalue weighted by Gasteiger charge is -2.47. The van der Waals surface area contributed by atoms with Gasteiger partial charge in [-0.1, -0.05) is 20.3 Å². The Morgan fingerprint density at radius 1 is 1.53 bits per heavy atom. The van der Waals surface area contributed by atoms with Crippen LogP contribution >= 0.6 is 0 Å². The van der Waals surface area contributed by atoms with Crippen LogP contribution in [0.15, 0.2) is 0 Å². The maximum absolute atomic E-state index is 12.5. The Morgan fingerprint density at radius 2 is 2.20 bits per heavy atom. The zero-order valence-corrected chi connectivity index (χ0v) is 10.5. The Morgan fingerprint density at radius 3 is 2.73 bits per heavy atom. The van der Waals surface area contributed by atoms with Crippen LogP contribution in [0.1, 0.15) is 34.1 Å². The molecule has 90 valence electrons. The molecule has 1 saturated heterocycles. The van der Waals surface area contributed by atoms with Crippen LogP contribution < -0.4 is 5.32 Å². The van der Waals surface area contributed by atoms with E-state index in [1.807, 2.05) is 0 Å². The van der Waals surface area contributed by atoms with Crippen LogP contribution in [0.4, 0.5) is 4.39 Å². The summed E-state index contributed by atoms with van der Waals surface area (Å²) in [6, 6.07) is 0.523. The molecule has 2 unspecified atom stereocenters. The van der Waals surface area contributed by atoms with Crippen molar-refractivity contribution in [2.75, 3.05) is 26.3 Å². The number of alkyl halides is 1. The molecule has 0 saturated carbocycles. The smallest absolute Gasteiger partial charge is 0.102 e. The van der Waals surface area contributed by atoms with Gasteiger partial charge in [0, 0.05) is 31.2 Å². The van der Waals surface area contributed by atoms with E-state index in [-0.39, 0.29) is 12.2 Å². The van der Waals surface area contributed by atoms with E-state index in [0.717, 1.165) is 13.1 Å². The molecule has 0 spiro atoms. The van der Waals surface area contributed by atoms with E-state index in [4.69, 9.17) is 0 Å². The van der Waals surface area contributed by atoms with Crippen molar-refractivity contribution in [2.45, 2.75) is 45.7 Å². The van der Waals surface area contributed by atoms with Crippen LogP contribution in [0, 0.1) is 5.92 Å². The summed E-state index contributed by atoms with van der Waals surface area (Å²) >= 11 is 0. The van der Waals surface area contributed by atoms with E-state index in [0.29, 0.717) is 18.5 Å². The fourth-order valence-electron chi connectivity index (χ4n) is 2.20. The maximum atomic E-state index is 12.5. The van der Waals surface area contributed by atoms with Gasteiger partial charge in [0.2, 0.25) is 0 Å². The summed E-state index contributed by atoms with van der Waals surface area (Å²) in [7, 11) is 0. The van der Waals surface area contributed by atoms with Crippen molar-refractivity contribution in [3.8, 4) is 0 Å². The quantitative estimate of drug-likeness (QED) is 0.774. The second kappa shape index (κ2) is 5.26.